The Balaban J connectivity index is 2.36. The molecule has 2 aromatic rings. The van der Waals surface area contributed by atoms with Crippen LogP contribution in [0.4, 0.5) is 5.69 Å². The van der Waals surface area contributed by atoms with E-state index in [9.17, 15) is 4.79 Å². The maximum absolute atomic E-state index is 12.1. The molecule has 1 atom stereocenters. The third kappa shape index (κ3) is 3.64. The van der Waals surface area contributed by atoms with Gasteiger partial charge in [0.1, 0.15) is 0 Å². The summed E-state index contributed by atoms with van der Waals surface area (Å²) in [5.74, 6) is -0.335. The topological polar surface area (TPSA) is 56.2 Å². The Kier molecular flexibility index (Phi) is 5.01. The molecule has 1 N–H and O–H groups in total. The number of halogens is 1. The molecular weight excluding hydrogens is 334 g/mol. The Morgan fingerprint density at radius 1 is 1.52 bits per heavy atom. The van der Waals surface area contributed by atoms with Crippen LogP contribution < -0.4 is 5.32 Å². The number of aromatic nitrogens is 2. The van der Waals surface area contributed by atoms with E-state index < -0.39 is 6.04 Å². The standard InChI is InChI=1S/C15H18BrN3O2/c1-4-13-12(9-19(2)18-13)14(15(20)21-3)17-11-7-5-6-10(16)8-11/h5-9,14,17H,4H2,1-3H3. The molecule has 0 aliphatic heterocycles. The van der Waals surface area contributed by atoms with Gasteiger partial charge in [0.2, 0.25) is 0 Å². The summed E-state index contributed by atoms with van der Waals surface area (Å²) in [5.41, 5.74) is 2.56. The lowest BCUT2D eigenvalue weighted by atomic mass is 10.1. The zero-order chi connectivity index (χ0) is 15.4. The first-order valence-corrected chi connectivity index (χ1v) is 7.46. The fourth-order valence-corrected chi connectivity index (χ4v) is 2.59. The van der Waals surface area contributed by atoms with Gasteiger partial charge in [-0.05, 0) is 24.6 Å². The third-order valence-corrected chi connectivity index (χ3v) is 3.65. The molecular formula is C15H18BrN3O2. The van der Waals surface area contributed by atoms with Gasteiger partial charge in [0.25, 0.3) is 0 Å². The molecule has 1 unspecified atom stereocenters. The SMILES string of the molecule is CCc1nn(C)cc1C(Nc1cccc(Br)c1)C(=O)OC. The van der Waals surface area contributed by atoms with Crippen LogP contribution >= 0.6 is 15.9 Å². The van der Waals surface area contributed by atoms with Gasteiger partial charge < -0.3 is 10.1 Å². The number of nitrogens with one attached hydrogen (secondary N) is 1. The van der Waals surface area contributed by atoms with Gasteiger partial charge in [-0.25, -0.2) is 4.79 Å². The molecule has 0 bridgehead atoms. The van der Waals surface area contributed by atoms with Crippen LogP contribution in [0.5, 0.6) is 0 Å². The van der Waals surface area contributed by atoms with Crippen LogP contribution in [0, 0.1) is 0 Å². The monoisotopic (exact) mass is 351 g/mol. The Morgan fingerprint density at radius 2 is 2.29 bits per heavy atom. The average molecular weight is 352 g/mol. The largest absolute Gasteiger partial charge is 0.467 e. The van der Waals surface area contributed by atoms with Crippen molar-refractivity contribution in [2.75, 3.05) is 12.4 Å². The molecule has 0 saturated heterocycles. The summed E-state index contributed by atoms with van der Waals surface area (Å²) in [7, 11) is 3.23. The van der Waals surface area contributed by atoms with E-state index in [2.05, 4.69) is 26.3 Å². The van der Waals surface area contributed by atoms with Crippen molar-refractivity contribution in [3.05, 3.63) is 46.2 Å². The molecule has 6 heteroatoms. The zero-order valence-corrected chi connectivity index (χ0v) is 13.8. The van der Waals surface area contributed by atoms with Gasteiger partial charge in [0.05, 0.1) is 12.8 Å². The normalized spacial score (nSPS) is 12.0. The third-order valence-electron chi connectivity index (χ3n) is 3.16. The summed E-state index contributed by atoms with van der Waals surface area (Å²) >= 11 is 3.42. The highest BCUT2D eigenvalue weighted by atomic mass is 79.9. The predicted octanol–water partition coefficient (Wildman–Crippen LogP) is 3.07. The number of ether oxygens (including phenoxy) is 1. The Labute approximate surface area is 132 Å². The second kappa shape index (κ2) is 6.76. The zero-order valence-electron chi connectivity index (χ0n) is 12.3. The fourth-order valence-electron chi connectivity index (χ4n) is 2.20. The van der Waals surface area contributed by atoms with Gasteiger partial charge in [-0.15, -0.1) is 0 Å². The van der Waals surface area contributed by atoms with Gasteiger partial charge >= 0.3 is 5.97 Å². The van der Waals surface area contributed by atoms with Crippen LogP contribution in [0.2, 0.25) is 0 Å². The maximum atomic E-state index is 12.1. The molecule has 0 spiro atoms. The molecule has 0 aliphatic rings. The molecule has 112 valence electrons. The molecule has 0 amide bonds. The molecule has 0 fully saturated rings. The Hall–Kier alpha value is -1.82. The maximum Gasteiger partial charge on any atom is 0.333 e. The van der Waals surface area contributed by atoms with E-state index in [1.54, 1.807) is 4.68 Å². The van der Waals surface area contributed by atoms with Crippen LogP contribution in [-0.4, -0.2) is 22.9 Å². The van der Waals surface area contributed by atoms with Crippen LogP contribution in [0.3, 0.4) is 0 Å². The molecule has 0 radical (unpaired) electrons. The van der Waals surface area contributed by atoms with E-state index in [0.29, 0.717) is 0 Å². The minimum Gasteiger partial charge on any atom is -0.467 e. The van der Waals surface area contributed by atoms with Gasteiger partial charge in [-0.1, -0.05) is 28.9 Å². The number of carbonyl (C=O) groups is 1. The predicted molar refractivity (Wildman–Crippen MR) is 85.1 cm³/mol. The molecule has 2 rings (SSSR count). The van der Waals surface area contributed by atoms with Gasteiger partial charge in [0.15, 0.2) is 6.04 Å². The highest BCUT2D eigenvalue weighted by Gasteiger charge is 2.25. The number of anilines is 1. The van der Waals surface area contributed by atoms with Gasteiger partial charge in [-0.2, -0.15) is 5.10 Å². The lowest BCUT2D eigenvalue weighted by Crippen LogP contribution is -2.23. The van der Waals surface area contributed by atoms with E-state index in [1.165, 1.54) is 7.11 Å². The number of methoxy groups -OCH3 is 1. The molecule has 0 saturated carbocycles. The van der Waals surface area contributed by atoms with E-state index in [1.807, 2.05) is 44.4 Å². The number of rotatable bonds is 5. The van der Waals surface area contributed by atoms with Gasteiger partial charge in [-0.3, -0.25) is 4.68 Å². The van der Waals surface area contributed by atoms with E-state index in [-0.39, 0.29) is 5.97 Å². The fraction of sp³-hybridized carbons (Fsp3) is 0.333. The average Bonchev–Trinajstić information content (AvgIpc) is 2.85. The van der Waals surface area contributed by atoms with Crippen molar-refractivity contribution >= 4 is 27.6 Å². The lowest BCUT2D eigenvalue weighted by molar-refractivity contribution is -0.141. The first-order valence-electron chi connectivity index (χ1n) is 6.67. The minimum atomic E-state index is -0.576. The summed E-state index contributed by atoms with van der Waals surface area (Å²) in [6.45, 7) is 2.01. The highest BCUT2D eigenvalue weighted by molar-refractivity contribution is 9.10. The van der Waals surface area contributed by atoms with Crippen LogP contribution in [-0.2, 0) is 23.0 Å². The van der Waals surface area contributed by atoms with Crippen molar-refractivity contribution in [1.82, 2.24) is 9.78 Å². The number of aryl methyl sites for hydroxylation is 2. The Morgan fingerprint density at radius 3 is 2.90 bits per heavy atom. The van der Waals surface area contributed by atoms with E-state index in [0.717, 1.165) is 27.8 Å². The minimum absolute atomic E-state index is 0.335. The van der Waals surface area contributed by atoms with E-state index in [4.69, 9.17) is 4.74 Å². The Bertz CT molecular complexity index is 640. The van der Waals surface area contributed by atoms with Crippen molar-refractivity contribution in [3.63, 3.8) is 0 Å². The number of benzene rings is 1. The smallest absolute Gasteiger partial charge is 0.333 e. The molecule has 0 aliphatic carbocycles. The molecule has 1 heterocycles. The first kappa shape index (κ1) is 15.6. The van der Waals surface area contributed by atoms with Crippen molar-refractivity contribution in [2.45, 2.75) is 19.4 Å². The van der Waals surface area contributed by atoms with Gasteiger partial charge in [0, 0.05) is 29.0 Å². The summed E-state index contributed by atoms with van der Waals surface area (Å²) in [4.78, 5) is 12.1. The molecule has 5 nitrogen and oxygen atoms in total. The molecule has 21 heavy (non-hydrogen) atoms. The number of nitrogens with zero attached hydrogens (tertiary/aromatic N) is 2. The van der Waals surface area contributed by atoms with Crippen LogP contribution in [0.25, 0.3) is 0 Å². The quantitative estimate of drug-likeness (QED) is 0.841. The highest BCUT2D eigenvalue weighted by Crippen LogP contribution is 2.25. The number of esters is 1. The molecule has 1 aromatic heterocycles. The summed E-state index contributed by atoms with van der Waals surface area (Å²) in [5, 5.41) is 7.60. The lowest BCUT2D eigenvalue weighted by Gasteiger charge is -2.17. The van der Waals surface area contributed by atoms with E-state index >= 15 is 0 Å². The van der Waals surface area contributed by atoms with Crippen molar-refractivity contribution in [1.29, 1.82) is 0 Å². The van der Waals surface area contributed by atoms with Crippen molar-refractivity contribution < 1.29 is 9.53 Å². The van der Waals surface area contributed by atoms with Crippen LogP contribution in [0.1, 0.15) is 24.2 Å². The molecule has 1 aromatic carbocycles. The van der Waals surface area contributed by atoms with Crippen LogP contribution in [0.15, 0.2) is 34.9 Å². The van der Waals surface area contributed by atoms with Crippen molar-refractivity contribution in [3.8, 4) is 0 Å². The second-order valence-electron chi connectivity index (χ2n) is 4.67. The number of hydrogen-bond acceptors (Lipinski definition) is 4. The summed E-state index contributed by atoms with van der Waals surface area (Å²) in [6.07, 6.45) is 2.61. The summed E-state index contributed by atoms with van der Waals surface area (Å²) < 4.78 is 7.59. The number of carbonyl (C=O) groups excluding carboxylic acids is 1. The summed E-state index contributed by atoms with van der Waals surface area (Å²) in [6, 6.07) is 7.08. The van der Waals surface area contributed by atoms with Crippen molar-refractivity contribution in [2.24, 2.45) is 7.05 Å². The first-order chi connectivity index (χ1) is 10.0. The second-order valence-corrected chi connectivity index (χ2v) is 5.58. The number of hydrogen-bond donors (Lipinski definition) is 1.